The van der Waals surface area contributed by atoms with Crippen LogP contribution in [-0.2, 0) is 4.74 Å². The number of benzene rings is 1. The molecule has 1 aliphatic carbocycles. The van der Waals surface area contributed by atoms with Gasteiger partial charge in [0.25, 0.3) is 0 Å². The fraction of sp³-hybridized carbons (Fsp3) is 0.600. The fourth-order valence-electron chi connectivity index (χ4n) is 3.29. The Morgan fingerprint density at radius 2 is 1.92 bits per heavy atom. The summed E-state index contributed by atoms with van der Waals surface area (Å²) in [5.41, 5.74) is 2.41. The topological polar surface area (TPSA) is 65.4 Å². The van der Waals surface area contributed by atoms with Crippen LogP contribution in [-0.4, -0.2) is 30.8 Å². The molecule has 1 fully saturated rings. The largest absolute Gasteiger partial charge is 0.444 e. The normalized spacial score (nSPS) is 20.5. The van der Waals surface area contributed by atoms with Crippen molar-refractivity contribution < 1.29 is 9.53 Å². The van der Waals surface area contributed by atoms with Gasteiger partial charge in [0, 0.05) is 24.8 Å². The molecule has 1 aromatic rings. The van der Waals surface area contributed by atoms with Gasteiger partial charge in [-0.15, -0.1) is 0 Å². The van der Waals surface area contributed by atoms with Gasteiger partial charge in [0.15, 0.2) is 0 Å². The van der Waals surface area contributed by atoms with Gasteiger partial charge in [-0.3, -0.25) is 0 Å². The Bertz CT molecular complexity index is 650. The molecule has 1 aromatic carbocycles. The van der Waals surface area contributed by atoms with Crippen molar-refractivity contribution in [2.45, 2.75) is 71.1 Å². The maximum absolute atomic E-state index is 11.9. The van der Waals surface area contributed by atoms with Crippen LogP contribution in [0.2, 0.25) is 0 Å². The van der Waals surface area contributed by atoms with Crippen molar-refractivity contribution in [3.8, 4) is 6.07 Å². The lowest BCUT2D eigenvalue weighted by Gasteiger charge is -2.36. The van der Waals surface area contributed by atoms with Crippen molar-refractivity contribution in [1.82, 2.24) is 5.32 Å². The number of nitriles is 1. The standard InChI is InChI=1S/C20H29N3O2/c1-14-12-18(9-6-15(14)13-21)23(5)17-10-7-16(8-11-17)22-19(24)25-20(2,3)4/h6,9,12,16-17H,7-8,10-11H2,1-5H3,(H,22,24). The number of nitrogens with zero attached hydrogens (tertiary/aromatic N) is 2. The minimum absolute atomic E-state index is 0.183. The van der Waals surface area contributed by atoms with Gasteiger partial charge in [0.05, 0.1) is 11.6 Å². The number of ether oxygens (including phenoxy) is 1. The number of carbonyl (C=O) groups excluding carboxylic acids is 1. The highest BCUT2D eigenvalue weighted by Crippen LogP contribution is 2.28. The SMILES string of the molecule is Cc1cc(N(C)C2CCC(NC(=O)OC(C)(C)C)CC2)ccc1C#N. The molecule has 0 spiro atoms. The highest BCUT2D eigenvalue weighted by atomic mass is 16.6. The summed E-state index contributed by atoms with van der Waals surface area (Å²) in [6.45, 7) is 7.59. The number of nitrogens with one attached hydrogen (secondary N) is 1. The smallest absolute Gasteiger partial charge is 0.407 e. The van der Waals surface area contributed by atoms with E-state index in [-0.39, 0.29) is 12.1 Å². The predicted octanol–water partition coefficient (Wildman–Crippen LogP) is 4.14. The number of amides is 1. The Morgan fingerprint density at radius 1 is 1.28 bits per heavy atom. The van der Waals surface area contributed by atoms with Crippen LogP contribution in [0, 0.1) is 18.3 Å². The predicted molar refractivity (Wildman–Crippen MR) is 99.7 cm³/mol. The Hall–Kier alpha value is -2.22. The first kappa shape index (κ1) is 19.1. The third-order valence-corrected chi connectivity index (χ3v) is 4.70. The number of hydrogen-bond donors (Lipinski definition) is 1. The van der Waals surface area contributed by atoms with E-state index in [9.17, 15) is 4.79 Å². The van der Waals surface area contributed by atoms with E-state index in [1.807, 2.05) is 39.8 Å². The van der Waals surface area contributed by atoms with E-state index in [4.69, 9.17) is 10.00 Å². The van der Waals surface area contributed by atoms with Crippen LogP contribution < -0.4 is 10.2 Å². The molecule has 1 N–H and O–H groups in total. The van der Waals surface area contributed by atoms with E-state index < -0.39 is 5.60 Å². The summed E-state index contributed by atoms with van der Waals surface area (Å²) in [6.07, 6.45) is 3.62. The summed E-state index contributed by atoms with van der Waals surface area (Å²) < 4.78 is 5.33. The monoisotopic (exact) mass is 343 g/mol. The van der Waals surface area contributed by atoms with Crippen LogP contribution in [0.15, 0.2) is 18.2 Å². The molecular formula is C20H29N3O2. The number of hydrogen-bond acceptors (Lipinski definition) is 4. The molecule has 0 atom stereocenters. The Balaban J connectivity index is 1.88. The minimum Gasteiger partial charge on any atom is -0.444 e. The first-order valence-corrected chi connectivity index (χ1v) is 8.92. The molecule has 25 heavy (non-hydrogen) atoms. The average Bonchev–Trinajstić information content (AvgIpc) is 2.53. The third-order valence-electron chi connectivity index (χ3n) is 4.70. The maximum Gasteiger partial charge on any atom is 0.407 e. The van der Waals surface area contributed by atoms with E-state index in [1.165, 1.54) is 0 Å². The highest BCUT2D eigenvalue weighted by Gasteiger charge is 2.27. The Labute approximate surface area is 151 Å². The molecule has 0 saturated heterocycles. The van der Waals surface area contributed by atoms with Gasteiger partial charge >= 0.3 is 6.09 Å². The number of rotatable bonds is 3. The Morgan fingerprint density at radius 3 is 2.44 bits per heavy atom. The average molecular weight is 343 g/mol. The fourth-order valence-corrected chi connectivity index (χ4v) is 3.29. The number of anilines is 1. The van der Waals surface area contributed by atoms with Crippen molar-refractivity contribution >= 4 is 11.8 Å². The van der Waals surface area contributed by atoms with Gasteiger partial charge in [-0.25, -0.2) is 4.79 Å². The van der Waals surface area contributed by atoms with E-state index in [1.54, 1.807) is 0 Å². The van der Waals surface area contributed by atoms with Crippen molar-refractivity contribution in [3.05, 3.63) is 29.3 Å². The summed E-state index contributed by atoms with van der Waals surface area (Å²) in [5.74, 6) is 0. The third kappa shape index (κ3) is 5.38. The van der Waals surface area contributed by atoms with Crippen LogP contribution in [0.1, 0.15) is 57.6 Å². The lowest BCUT2D eigenvalue weighted by molar-refractivity contribution is 0.0491. The molecule has 5 nitrogen and oxygen atoms in total. The molecule has 0 aliphatic heterocycles. The quantitative estimate of drug-likeness (QED) is 0.896. The molecule has 2 rings (SSSR count). The van der Waals surface area contributed by atoms with E-state index in [0.29, 0.717) is 6.04 Å². The lowest BCUT2D eigenvalue weighted by Crippen LogP contribution is -2.44. The van der Waals surface area contributed by atoms with E-state index in [2.05, 4.69) is 29.4 Å². The summed E-state index contributed by atoms with van der Waals surface area (Å²) in [5, 5.41) is 12.0. The van der Waals surface area contributed by atoms with Crippen molar-refractivity contribution in [2.75, 3.05) is 11.9 Å². The molecule has 1 saturated carbocycles. The van der Waals surface area contributed by atoms with Crippen molar-refractivity contribution in [2.24, 2.45) is 0 Å². The molecule has 1 aliphatic rings. The van der Waals surface area contributed by atoms with E-state index in [0.717, 1.165) is 42.5 Å². The molecule has 136 valence electrons. The second-order valence-electron chi connectivity index (χ2n) is 7.87. The second-order valence-corrected chi connectivity index (χ2v) is 7.87. The molecule has 5 heteroatoms. The van der Waals surface area contributed by atoms with Gasteiger partial charge in [-0.2, -0.15) is 5.26 Å². The highest BCUT2D eigenvalue weighted by molar-refractivity contribution is 5.68. The zero-order chi connectivity index (χ0) is 18.6. The second kappa shape index (κ2) is 7.77. The molecule has 0 bridgehead atoms. The number of carbonyl (C=O) groups is 1. The maximum atomic E-state index is 11.9. The molecule has 0 aromatic heterocycles. The van der Waals surface area contributed by atoms with Crippen LogP contribution in [0.25, 0.3) is 0 Å². The summed E-state index contributed by atoms with van der Waals surface area (Å²) >= 11 is 0. The van der Waals surface area contributed by atoms with Crippen LogP contribution in [0.3, 0.4) is 0 Å². The van der Waals surface area contributed by atoms with Gasteiger partial charge < -0.3 is 15.0 Å². The van der Waals surface area contributed by atoms with Crippen molar-refractivity contribution in [1.29, 1.82) is 5.26 Å². The first-order valence-electron chi connectivity index (χ1n) is 8.92. The van der Waals surface area contributed by atoms with Crippen LogP contribution in [0.4, 0.5) is 10.5 Å². The molecule has 0 unspecified atom stereocenters. The molecular weight excluding hydrogens is 314 g/mol. The number of alkyl carbamates (subject to hydrolysis) is 1. The van der Waals surface area contributed by atoms with Gasteiger partial charge in [0.1, 0.15) is 5.60 Å². The molecule has 0 radical (unpaired) electrons. The summed E-state index contributed by atoms with van der Waals surface area (Å²) in [7, 11) is 2.10. The zero-order valence-electron chi connectivity index (χ0n) is 15.9. The van der Waals surface area contributed by atoms with Crippen LogP contribution >= 0.6 is 0 Å². The summed E-state index contributed by atoms with van der Waals surface area (Å²) in [4.78, 5) is 14.2. The van der Waals surface area contributed by atoms with E-state index >= 15 is 0 Å². The van der Waals surface area contributed by atoms with Crippen LogP contribution in [0.5, 0.6) is 0 Å². The number of aryl methyl sites for hydroxylation is 1. The zero-order valence-corrected chi connectivity index (χ0v) is 15.9. The van der Waals surface area contributed by atoms with Gasteiger partial charge in [-0.05, 0) is 77.1 Å². The van der Waals surface area contributed by atoms with Gasteiger partial charge in [0.2, 0.25) is 0 Å². The lowest BCUT2D eigenvalue weighted by atomic mass is 9.90. The Kier molecular flexibility index (Phi) is 5.94. The first-order chi connectivity index (χ1) is 11.7. The van der Waals surface area contributed by atoms with Gasteiger partial charge in [-0.1, -0.05) is 0 Å². The molecule has 0 heterocycles. The van der Waals surface area contributed by atoms with Crippen molar-refractivity contribution in [3.63, 3.8) is 0 Å². The molecule has 1 amide bonds. The summed E-state index contributed by atoms with van der Waals surface area (Å²) in [6, 6.07) is 8.81. The minimum atomic E-state index is -0.463.